The van der Waals surface area contributed by atoms with Gasteiger partial charge >= 0.3 is 0 Å². The summed E-state index contributed by atoms with van der Waals surface area (Å²) < 4.78 is 18.7. The van der Waals surface area contributed by atoms with Crippen LogP contribution in [0.3, 0.4) is 0 Å². The van der Waals surface area contributed by atoms with Gasteiger partial charge in [0.2, 0.25) is 5.91 Å². The Morgan fingerprint density at radius 2 is 2.12 bits per heavy atom. The summed E-state index contributed by atoms with van der Waals surface area (Å²) >= 11 is 0. The molecule has 2 aromatic carbocycles. The van der Waals surface area contributed by atoms with Crippen LogP contribution < -0.4 is 10.1 Å². The number of carbonyl (C=O) groups excluding carboxylic acids is 2. The quantitative estimate of drug-likeness (QED) is 0.914. The highest BCUT2D eigenvalue weighted by Gasteiger charge is 2.52. The maximum atomic E-state index is 13.4. The van der Waals surface area contributed by atoms with Gasteiger partial charge in [0.05, 0.1) is 12.5 Å². The van der Waals surface area contributed by atoms with E-state index in [-0.39, 0.29) is 18.4 Å². The van der Waals surface area contributed by atoms with Gasteiger partial charge in [0, 0.05) is 24.3 Å². The Balaban J connectivity index is 1.66. The summed E-state index contributed by atoms with van der Waals surface area (Å²) in [5, 5.41) is 2.90. The summed E-state index contributed by atoms with van der Waals surface area (Å²) in [6.45, 7) is 0.716. The summed E-state index contributed by atoms with van der Waals surface area (Å²) in [5.41, 5.74) is 1.13. The molecule has 5 nitrogen and oxygen atoms in total. The minimum Gasteiger partial charge on any atom is -0.497 e. The van der Waals surface area contributed by atoms with E-state index < -0.39 is 11.2 Å². The van der Waals surface area contributed by atoms with E-state index in [4.69, 9.17) is 4.74 Å². The number of likely N-dealkylation sites (tertiary alicyclic amines) is 1. The first-order valence-electron chi connectivity index (χ1n) is 8.08. The number of hydrogen-bond acceptors (Lipinski definition) is 3. The van der Waals surface area contributed by atoms with Crippen LogP contribution >= 0.6 is 0 Å². The van der Waals surface area contributed by atoms with Crippen molar-refractivity contribution in [2.45, 2.75) is 11.8 Å². The molecule has 0 aromatic heterocycles. The van der Waals surface area contributed by atoms with Crippen molar-refractivity contribution in [3.63, 3.8) is 0 Å². The molecule has 0 bridgehead atoms. The van der Waals surface area contributed by atoms with Crippen molar-refractivity contribution in [1.82, 2.24) is 4.90 Å². The minimum absolute atomic E-state index is 0.106. The fourth-order valence-electron chi connectivity index (χ4n) is 3.71. The number of halogens is 1. The zero-order chi connectivity index (χ0) is 17.6. The Labute approximate surface area is 144 Å². The summed E-state index contributed by atoms with van der Waals surface area (Å²) in [7, 11) is 1.58. The van der Waals surface area contributed by atoms with Gasteiger partial charge in [0.1, 0.15) is 11.6 Å². The van der Waals surface area contributed by atoms with Gasteiger partial charge in [-0.05, 0) is 48.4 Å². The Hall–Kier alpha value is -2.89. The molecule has 25 heavy (non-hydrogen) atoms. The summed E-state index contributed by atoms with van der Waals surface area (Å²) in [5.74, 6) is -0.149. The molecule has 1 atom stereocenters. The molecule has 1 fully saturated rings. The van der Waals surface area contributed by atoms with Gasteiger partial charge in [-0.25, -0.2) is 4.39 Å². The number of nitrogens with one attached hydrogen (secondary N) is 1. The van der Waals surface area contributed by atoms with Crippen LogP contribution in [0.25, 0.3) is 0 Å². The van der Waals surface area contributed by atoms with E-state index in [0.717, 1.165) is 11.3 Å². The van der Waals surface area contributed by atoms with Crippen molar-refractivity contribution in [3.05, 3.63) is 59.4 Å². The molecule has 2 amide bonds. The van der Waals surface area contributed by atoms with Crippen LogP contribution in [0.15, 0.2) is 42.5 Å². The van der Waals surface area contributed by atoms with Crippen LogP contribution in [0.4, 0.5) is 10.1 Å². The molecule has 2 aromatic rings. The molecule has 2 heterocycles. The number of rotatable bonds is 2. The monoisotopic (exact) mass is 340 g/mol. The largest absolute Gasteiger partial charge is 0.497 e. The summed E-state index contributed by atoms with van der Waals surface area (Å²) in [6, 6.07) is 11.1. The molecule has 1 unspecified atom stereocenters. The van der Waals surface area contributed by atoms with Crippen LogP contribution in [0.2, 0.25) is 0 Å². The predicted molar refractivity (Wildman–Crippen MR) is 90.2 cm³/mol. The second-order valence-electron chi connectivity index (χ2n) is 6.43. The highest BCUT2D eigenvalue weighted by Crippen LogP contribution is 2.45. The smallest absolute Gasteiger partial charge is 0.254 e. The first-order chi connectivity index (χ1) is 12.0. The zero-order valence-corrected chi connectivity index (χ0v) is 13.7. The average Bonchev–Trinajstić information content (AvgIpc) is 3.18. The molecule has 6 heteroatoms. The number of benzene rings is 2. The van der Waals surface area contributed by atoms with Crippen LogP contribution in [0.5, 0.6) is 5.75 Å². The molecule has 128 valence electrons. The summed E-state index contributed by atoms with van der Waals surface area (Å²) in [4.78, 5) is 27.0. The molecule has 1 saturated heterocycles. The molecule has 0 radical (unpaired) electrons. The van der Waals surface area contributed by atoms with Crippen LogP contribution in [-0.2, 0) is 10.2 Å². The number of nitrogens with zero attached hydrogens (tertiary/aromatic N) is 1. The predicted octanol–water partition coefficient (Wildman–Crippen LogP) is 2.57. The van der Waals surface area contributed by atoms with E-state index in [1.165, 1.54) is 18.2 Å². The first kappa shape index (κ1) is 15.6. The van der Waals surface area contributed by atoms with Crippen LogP contribution in [0, 0.1) is 5.82 Å². The van der Waals surface area contributed by atoms with E-state index in [1.54, 1.807) is 24.1 Å². The van der Waals surface area contributed by atoms with Gasteiger partial charge in [0.15, 0.2) is 0 Å². The van der Waals surface area contributed by atoms with Gasteiger partial charge in [-0.3, -0.25) is 9.59 Å². The van der Waals surface area contributed by atoms with Gasteiger partial charge in [-0.2, -0.15) is 0 Å². The fourth-order valence-corrected chi connectivity index (χ4v) is 3.71. The molecule has 4 rings (SSSR count). The van der Waals surface area contributed by atoms with Gasteiger partial charge in [-0.1, -0.05) is 6.07 Å². The van der Waals surface area contributed by atoms with Crippen molar-refractivity contribution < 1.29 is 18.7 Å². The highest BCUT2D eigenvalue weighted by molar-refractivity contribution is 6.07. The van der Waals surface area contributed by atoms with Crippen molar-refractivity contribution in [3.8, 4) is 5.75 Å². The SMILES string of the molecule is COc1ccc2c(c1)C1(CCN(C(=O)c3cccc(F)c3)C1)C(=O)N2. The normalized spacial score (nSPS) is 21.4. The van der Waals surface area contributed by atoms with E-state index in [0.29, 0.717) is 24.3 Å². The molecule has 1 spiro atoms. The Morgan fingerprint density at radius 1 is 1.28 bits per heavy atom. The average molecular weight is 340 g/mol. The number of ether oxygens (including phenoxy) is 1. The van der Waals surface area contributed by atoms with E-state index >= 15 is 0 Å². The Morgan fingerprint density at radius 3 is 2.88 bits per heavy atom. The van der Waals surface area contributed by atoms with Gasteiger partial charge in [0.25, 0.3) is 5.91 Å². The number of carbonyl (C=O) groups is 2. The number of hydrogen-bond donors (Lipinski definition) is 1. The van der Waals surface area contributed by atoms with E-state index in [9.17, 15) is 14.0 Å². The number of methoxy groups -OCH3 is 1. The third-order valence-electron chi connectivity index (χ3n) is 5.05. The maximum Gasteiger partial charge on any atom is 0.254 e. The molecular formula is C19H17FN2O3. The topological polar surface area (TPSA) is 58.6 Å². The molecule has 1 N–H and O–H groups in total. The zero-order valence-electron chi connectivity index (χ0n) is 13.7. The lowest BCUT2D eigenvalue weighted by Crippen LogP contribution is -2.39. The minimum atomic E-state index is -0.771. The lowest BCUT2D eigenvalue weighted by Gasteiger charge is -2.23. The van der Waals surface area contributed by atoms with Crippen molar-refractivity contribution >= 4 is 17.5 Å². The van der Waals surface area contributed by atoms with Crippen molar-refractivity contribution in [2.24, 2.45) is 0 Å². The molecule has 2 aliphatic rings. The maximum absolute atomic E-state index is 13.4. The van der Waals surface area contributed by atoms with Crippen molar-refractivity contribution in [2.75, 3.05) is 25.5 Å². The third kappa shape index (κ3) is 2.36. The molecular weight excluding hydrogens is 323 g/mol. The number of amides is 2. The second kappa shape index (κ2) is 5.58. The lowest BCUT2D eigenvalue weighted by atomic mass is 9.81. The van der Waals surface area contributed by atoms with E-state index in [1.807, 2.05) is 12.1 Å². The lowest BCUT2D eigenvalue weighted by molar-refractivity contribution is -0.120. The number of anilines is 1. The Kier molecular flexibility index (Phi) is 3.49. The molecule has 0 aliphatic carbocycles. The van der Waals surface area contributed by atoms with Gasteiger partial charge < -0.3 is 15.0 Å². The van der Waals surface area contributed by atoms with Gasteiger partial charge in [-0.15, -0.1) is 0 Å². The fraction of sp³-hybridized carbons (Fsp3) is 0.263. The molecule has 0 saturated carbocycles. The first-order valence-corrected chi connectivity index (χ1v) is 8.08. The highest BCUT2D eigenvalue weighted by atomic mass is 19.1. The second-order valence-corrected chi connectivity index (χ2v) is 6.43. The summed E-state index contributed by atoms with van der Waals surface area (Å²) in [6.07, 6.45) is 0.528. The molecule has 2 aliphatic heterocycles. The number of fused-ring (bicyclic) bond motifs is 2. The van der Waals surface area contributed by atoms with Crippen molar-refractivity contribution in [1.29, 1.82) is 0 Å². The van der Waals surface area contributed by atoms with E-state index in [2.05, 4.69) is 5.32 Å². The van der Waals surface area contributed by atoms with Crippen LogP contribution in [-0.4, -0.2) is 36.9 Å². The van der Waals surface area contributed by atoms with Crippen LogP contribution in [0.1, 0.15) is 22.3 Å². The Bertz CT molecular complexity index is 883. The third-order valence-corrected chi connectivity index (χ3v) is 5.05. The standard InChI is InChI=1S/C19H17FN2O3/c1-25-14-5-6-16-15(10-14)19(18(24)21-16)7-8-22(11-19)17(23)12-3-2-4-13(20)9-12/h2-6,9-10H,7-8,11H2,1H3,(H,21,24).